The third-order valence-corrected chi connectivity index (χ3v) is 4.92. The number of thiophene rings is 1. The van der Waals surface area contributed by atoms with Crippen LogP contribution in [-0.4, -0.2) is 14.5 Å². The van der Waals surface area contributed by atoms with Crippen molar-refractivity contribution in [3.05, 3.63) is 42.4 Å². The summed E-state index contributed by atoms with van der Waals surface area (Å²) in [5.74, 6) is 0.708. The Morgan fingerprint density at radius 3 is 3.15 bits per heavy atom. The molecule has 5 heteroatoms. The number of imidazole rings is 1. The van der Waals surface area contributed by atoms with E-state index < -0.39 is 6.98 Å². The van der Waals surface area contributed by atoms with Gasteiger partial charge in [0, 0.05) is 12.4 Å². The predicted molar refractivity (Wildman–Crippen MR) is 78.6 cm³/mol. The van der Waals surface area contributed by atoms with E-state index >= 15 is 0 Å². The lowest BCUT2D eigenvalue weighted by atomic mass is 10.2. The first-order valence-electron chi connectivity index (χ1n) is 7.82. The molecule has 1 aliphatic rings. The first kappa shape index (κ1) is 8.11. The Balaban J connectivity index is 2.01. The van der Waals surface area contributed by atoms with Crippen LogP contribution in [0.1, 0.15) is 9.81 Å². The summed E-state index contributed by atoms with van der Waals surface area (Å²) >= 11 is 1.53. The van der Waals surface area contributed by atoms with E-state index in [-0.39, 0.29) is 0 Å². The molecule has 0 bridgehead atoms. The van der Waals surface area contributed by atoms with Gasteiger partial charge in [-0.3, -0.25) is 4.98 Å². The average molecular weight is 282 g/mol. The molecule has 0 N–H and O–H groups in total. The van der Waals surface area contributed by atoms with Gasteiger partial charge >= 0.3 is 0 Å². The molecule has 5 rings (SSSR count). The molecule has 5 heterocycles. The fourth-order valence-corrected chi connectivity index (χ4v) is 4.09. The molecule has 96 valence electrons. The van der Waals surface area contributed by atoms with Crippen LogP contribution in [0.2, 0.25) is 0 Å². The van der Waals surface area contributed by atoms with Crippen LogP contribution in [0.4, 0.5) is 0 Å². The highest BCUT2D eigenvalue weighted by Crippen LogP contribution is 2.36. The summed E-state index contributed by atoms with van der Waals surface area (Å²) in [6.45, 7) is -1.67. The van der Waals surface area contributed by atoms with Gasteiger partial charge in [-0.15, -0.1) is 0 Å². The van der Waals surface area contributed by atoms with Crippen LogP contribution in [0.5, 0.6) is 0 Å². The van der Waals surface area contributed by atoms with E-state index in [1.807, 2.05) is 28.8 Å². The van der Waals surface area contributed by atoms with Crippen molar-refractivity contribution in [3.63, 3.8) is 0 Å². The topological polar surface area (TPSA) is 34.6 Å². The van der Waals surface area contributed by atoms with Gasteiger partial charge in [0.05, 0.1) is 27.7 Å². The van der Waals surface area contributed by atoms with Crippen molar-refractivity contribution in [2.75, 3.05) is 0 Å². The van der Waals surface area contributed by atoms with Gasteiger partial charge in [-0.2, -0.15) is 0 Å². The zero-order valence-corrected chi connectivity index (χ0v) is 11.2. The Morgan fingerprint density at radius 1 is 1.30 bits per heavy atom. The number of hydrogen-bond donors (Lipinski definition) is 0. The number of nitrogens with zero attached hydrogens (tertiary/aromatic N) is 4. The first-order valence-corrected chi connectivity index (χ1v) is 7.14. The van der Waals surface area contributed by atoms with Crippen molar-refractivity contribution in [1.29, 1.82) is 0 Å². The van der Waals surface area contributed by atoms with Gasteiger partial charge in [0.2, 0.25) is 4.83 Å². The Hall–Kier alpha value is -2.27. The molecule has 0 atom stereocenters. The molecule has 0 saturated heterocycles. The third kappa shape index (κ3) is 1.10. The molecule has 0 radical (unpaired) electrons. The normalized spacial score (nSPS) is 15.9. The molecule has 4 nitrogen and oxygen atoms in total. The van der Waals surface area contributed by atoms with E-state index in [0.29, 0.717) is 12.4 Å². The summed E-state index contributed by atoms with van der Waals surface area (Å²) in [7, 11) is 0. The summed E-state index contributed by atoms with van der Waals surface area (Å²) in [6, 6.07) is 7.56. The summed E-state index contributed by atoms with van der Waals surface area (Å²) in [4.78, 5) is 10.6. The number of fused-ring (bicyclic) bond motifs is 7. The smallest absolute Gasteiger partial charge is 0.256 e. The lowest BCUT2D eigenvalue weighted by Gasteiger charge is -1.94. The number of rotatable bonds is 0. The molecule has 0 fully saturated rings. The second-order valence-electron chi connectivity index (χ2n) is 4.85. The standard InChI is InChI=1S/C15H11N4S/c1-18-12-10-5-3-7-17-13(10)20-15(12)19-8-11-9(14(18)19)4-2-6-16-11/h2-7H,8H2,1H3/q+1/i1D3. The van der Waals surface area contributed by atoms with E-state index in [0.717, 1.165) is 31.8 Å². The van der Waals surface area contributed by atoms with Gasteiger partial charge in [0.15, 0.2) is 5.52 Å². The van der Waals surface area contributed by atoms with Crippen LogP contribution in [0.25, 0.3) is 32.0 Å². The molecule has 0 amide bonds. The van der Waals surface area contributed by atoms with Gasteiger partial charge in [-0.25, -0.2) is 14.1 Å². The zero-order chi connectivity index (χ0) is 15.8. The first-order chi connectivity index (χ1) is 11.1. The Kier molecular flexibility index (Phi) is 1.39. The minimum absolute atomic E-state index is 0.595. The molecule has 4 aromatic rings. The summed E-state index contributed by atoms with van der Waals surface area (Å²) < 4.78 is 27.6. The summed E-state index contributed by atoms with van der Waals surface area (Å²) in [5, 5.41) is 0.885. The molecule has 0 spiro atoms. The highest BCUT2D eigenvalue weighted by atomic mass is 32.1. The van der Waals surface area contributed by atoms with E-state index in [9.17, 15) is 0 Å². The predicted octanol–water partition coefficient (Wildman–Crippen LogP) is 2.50. The van der Waals surface area contributed by atoms with E-state index in [4.69, 9.17) is 4.11 Å². The quantitative estimate of drug-likeness (QED) is 0.409. The van der Waals surface area contributed by atoms with E-state index in [2.05, 4.69) is 9.97 Å². The maximum absolute atomic E-state index is 8.04. The van der Waals surface area contributed by atoms with Crippen LogP contribution in [0, 0.1) is 0 Å². The van der Waals surface area contributed by atoms with Crippen molar-refractivity contribution in [3.8, 4) is 11.4 Å². The molecule has 0 saturated carbocycles. The van der Waals surface area contributed by atoms with Crippen molar-refractivity contribution in [1.82, 2.24) is 14.5 Å². The van der Waals surface area contributed by atoms with Crippen molar-refractivity contribution >= 4 is 31.9 Å². The minimum atomic E-state index is -2.26. The molecular formula is C15H11N4S+. The molecular weight excluding hydrogens is 268 g/mol. The maximum Gasteiger partial charge on any atom is 0.292 e. The molecule has 1 aliphatic heterocycles. The van der Waals surface area contributed by atoms with Gasteiger partial charge in [0.1, 0.15) is 11.4 Å². The monoisotopic (exact) mass is 282 g/mol. The Bertz CT molecular complexity index is 1090. The van der Waals surface area contributed by atoms with Crippen LogP contribution in [0.3, 0.4) is 0 Å². The van der Waals surface area contributed by atoms with Crippen molar-refractivity contribution in [2.45, 2.75) is 6.54 Å². The molecule has 4 aromatic heterocycles. The number of hydrogen-bond acceptors (Lipinski definition) is 3. The van der Waals surface area contributed by atoms with Crippen molar-refractivity contribution in [2.24, 2.45) is 6.98 Å². The number of aromatic nitrogens is 4. The number of pyridine rings is 2. The fraction of sp³-hybridized carbons (Fsp3) is 0.133. The highest BCUT2D eigenvalue weighted by Gasteiger charge is 2.35. The maximum atomic E-state index is 8.04. The van der Waals surface area contributed by atoms with Crippen LogP contribution in [-0.2, 0) is 13.5 Å². The summed E-state index contributed by atoms with van der Waals surface area (Å²) in [6.07, 6.45) is 3.48. The third-order valence-electron chi connectivity index (χ3n) is 3.80. The largest absolute Gasteiger partial charge is 0.292 e. The fourth-order valence-electron chi connectivity index (χ4n) is 2.96. The lowest BCUT2D eigenvalue weighted by molar-refractivity contribution is -0.644. The van der Waals surface area contributed by atoms with Gasteiger partial charge in [-0.05, 0) is 24.3 Å². The van der Waals surface area contributed by atoms with E-state index in [1.54, 1.807) is 12.4 Å². The van der Waals surface area contributed by atoms with E-state index in [1.165, 1.54) is 15.9 Å². The molecule has 0 unspecified atom stereocenters. The molecule has 0 aliphatic carbocycles. The molecule has 0 aromatic carbocycles. The number of aryl methyl sites for hydroxylation is 1. The van der Waals surface area contributed by atoms with Crippen LogP contribution >= 0.6 is 11.3 Å². The van der Waals surface area contributed by atoms with Crippen LogP contribution < -0.4 is 4.57 Å². The van der Waals surface area contributed by atoms with Gasteiger partial charge in [-0.1, -0.05) is 11.3 Å². The summed E-state index contributed by atoms with van der Waals surface area (Å²) in [5.41, 5.74) is 2.54. The van der Waals surface area contributed by atoms with Gasteiger partial charge < -0.3 is 0 Å². The van der Waals surface area contributed by atoms with Gasteiger partial charge in [0.25, 0.3) is 5.82 Å². The molecule has 20 heavy (non-hydrogen) atoms. The van der Waals surface area contributed by atoms with Crippen molar-refractivity contribution < 1.29 is 8.68 Å². The second kappa shape index (κ2) is 3.43. The highest BCUT2D eigenvalue weighted by molar-refractivity contribution is 7.24. The minimum Gasteiger partial charge on any atom is -0.256 e. The van der Waals surface area contributed by atoms with Crippen LogP contribution in [0.15, 0.2) is 36.7 Å². The average Bonchev–Trinajstić information content (AvgIpc) is 3.13. The Labute approximate surface area is 123 Å². The lowest BCUT2D eigenvalue weighted by Crippen LogP contribution is -2.30. The Morgan fingerprint density at radius 2 is 2.20 bits per heavy atom. The SMILES string of the molecule is [2H]C([2H])([2H])n1c2[n+](c3sc4ncccc4c31)Cc1ncccc1-2. The second-order valence-corrected chi connectivity index (χ2v) is 5.83. The zero-order valence-electron chi connectivity index (χ0n) is 13.4.